The van der Waals surface area contributed by atoms with Crippen LogP contribution in [0.25, 0.3) is 17.1 Å². The van der Waals surface area contributed by atoms with Gasteiger partial charge in [-0.15, -0.1) is 5.10 Å². The van der Waals surface area contributed by atoms with Crippen LogP contribution in [-0.2, 0) is 6.61 Å². The van der Waals surface area contributed by atoms with Crippen molar-refractivity contribution in [1.29, 1.82) is 0 Å². The lowest BCUT2D eigenvalue weighted by Gasteiger charge is -2.11. The van der Waals surface area contributed by atoms with E-state index < -0.39 is 5.91 Å². The third-order valence-corrected chi connectivity index (χ3v) is 5.54. The van der Waals surface area contributed by atoms with Crippen LogP contribution >= 0.6 is 0 Å². The predicted octanol–water partition coefficient (Wildman–Crippen LogP) is 3.39. The molecule has 3 aromatic carbocycles. The van der Waals surface area contributed by atoms with Crippen LogP contribution in [0.1, 0.15) is 21.6 Å². The van der Waals surface area contributed by atoms with E-state index in [0.717, 1.165) is 0 Å². The quantitative estimate of drug-likeness (QED) is 0.216. The average Bonchev–Trinajstić information content (AvgIpc) is 3.59. The van der Waals surface area contributed by atoms with Crippen molar-refractivity contribution in [1.82, 2.24) is 30.7 Å². The SMILES string of the molecule is COc1cc(/C=N/NC(=O)c2nnn(-c3nonc3N)c2-c2ccccc2)ccc1OCc1ccccc1F. The summed E-state index contributed by atoms with van der Waals surface area (Å²) in [7, 11) is 1.49. The number of anilines is 1. The number of hydrazone groups is 1. The van der Waals surface area contributed by atoms with Crippen molar-refractivity contribution in [2.45, 2.75) is 6.61 Å². The van der Waals surface area contributed by atoms with Crippen LogP contribution in [0, 0.1) is 5.82 Å². The highest BCUT2D eigenvalue weighted by molar-refractivity contribution is 5.98. The molecule has 2 aromatic heterocycles. The maximum Gasteiger partial charge on any atom is 0.294 e. The van der Waals surface area contributed by atoms with Crippen LogP contribution in [0.4, 0.5) is 10.2 Å². The minimum Gasteiger partial charge on any atom is -0.493 e. The number of benzene rings is 3. The molecule has 0 radical (unpaired) electrons. The van der Waals surface area contributed by atoms with Crippen molar-refractivity contribution in [3.8, 4) is 28.6 Å². The Kier molecular flexibility index (Phi) is 7.21. The van der Waals surface area contributed by atoms with Crippen molar-refractivity contribution < 1.29 is 23.3 Å². The third-order valence-electron chi connectivity index (χ3n) is 5.54. The second-order valence-electron chi connectivity index (χ2n) is 8.03. The Bertz CT molecular complexity index is 1630. The number of ether oxygens (including phenoxy) is 2. The van der Waals surface area contributed by atoms with Crippen LogP contribution in [0.5, 0.6) is 11.5 Å². The summed E-state index contributed by atoms with van der Waals surface area (Å²) in [5.41, 5.74) is 10.2. The number of amides is 1. The van der Waals surface area contributed by atoms with E-state index in [2.05, 4.69) is 35.8 Å². The van der Waals surface area contributed by atoms with Crippen LogP contribution in [0.15, 0.2) is 82.5 Å². The molecule has 0 fully saturated rings. The second kappa shape index (κ2) is 11.2. The van der Waals surface area contributed by atoms with E-state index in [1.165, 1.54) is 24.1 Å². The summed E-state index contributed by atoms with van der Waals surface area (Å²) in [6.45, 7) is 0.0347. The molecule has 0 bridgehead atoms. The van der Waals surface area contributed by atoms with Gasteiger partial charge in [0.05, 0.1) is 13.3 Å². The average molecular weight is 529 g/mol. The number of nitrogens with one attached hydrogen (secondary N) is 1. The molecule has 0 spiro atoms. The number of aromatic nitrogens is 5. The molecule has 5 aromatic rings. The molecule has 12 nitrogen and oxygen atoms in total. The first-order valence-corrected chi connectivity index (χ1v) is 11.5. The topological polar surface area (TPSA) is 156 Å². The van der Waals surface area contributed by atoms with Gasteiger partial charge >= 0.3 is 0 Å². The first kappa shape index (κ1) is 25.1. The van der Waals surface area contributed by atoms with E-state index in [1.807, 2.05) is 6.07 Å². The van der Waals surface area contributed by atoms with E-state index in [9.17, 15) is 9.18 Å². The number of halogens is 1. The summed E-state index contributed by atoms with van der Waals surface area (Å²) in [6.07, 6.45) is 1.42. The Labute approximate surface area is 220 Å². The minimum absolute atomic E-state index is 0.0164. The number of hydrogen-bond acceptors (Lipinski definition) is 10. The smallest absolute Gasteiger partial charge is 0.294 e. The molecule has 0 aliphatic carbocycles. The Hall–Kier alpha value is -5.59. The largest absolute Gasteiger partial charge is 0.493 e. The van der Waals surface area contributed by atoms with Crippen LogP contribution in [0.3, 0.4) is 0 Å². The lowest BCUT2D eigenvalue weighted by atomic mass is 10.1. The molecular weight excluding hydrogens is 507 g/mol. The summed E-state index contributed by atoms with van der Waals surface area (Å²) in [6, 6.07) is 20.4. The molecular formula is C26H21FN8O4. The van der Waals surface area contributed by atoms with Gasteiger partial charge in [0.25, 0.3) is 5.91 Å². The number of rotatable bonds is 9. The fourth-order valence-electron chi connectivity index (χ4n) is 3.65. The van der Waals surface area contributed by atoms with E-state index in [0.29, 0.717) is 33.9 Å². The van der Waals surface area contributed by atoms with Crippen molar-refractivity contribution in [2.75, 3.05) is 12.8 Å². The third kappa shape index (κ3) is 5.41. The summed E-state index contributed by atoms with van der Waals surface area (Å²) >= 11 is 0. The Morgan fingerprint density at radius 1 is 1.10 bits per heavy atom. The molecule has 2 heterocycles. The van der Waals surface area contributed by atoms with Gasteiger partial charge < -0.3 is 15.2 Å². The van der Waals surface area contributed by atoms with Crippen LogP contribution in [0.2, 0.25) is 0 Å². The van der Waals surface area contributed by atoms with E-state index in [1.54, 1.807) is 60.7 Å². The normalized spacial score (nSPS) is 11.0. The van der Waals surface area contributed by atoms with Gasteiger partial charge in [-0.05, 0) is 40.1 Å². The molecule has 0 saturated heterocycles. The summed E-state index contributed by atoms with van der Waals surface area (Å²) in [4.78, 5) is 13.0. The molecule has 13 heteroatoms. The molecule has 0 unspecified atom stereocenters. The van der Waals surface area contributed by atoms with Crippen molar-refractivity contribution in [3.05, 3.63) is 95.4 Å². The van der Waals surface area contributed by atoms with Gasteiger partial charge in [-0.3, -0.25) is 4.79 Å². The number of hydrogen-bond donors (Lipinski definition) is 2. The summed E-state index contributed by atoms with van der Waals surface area (Å²) < 4.78 is 31.0. The zero-order chi connectivity index (χ0) is 27.2. The summed E-state index contributed by atoms with van der Waals surface area (Å²) in [5, 5.41) is 19.4. The molecule has 1 amide bonds. The van der Waals surface area contributed by atoms with Gasteiger partial charge in [0.1, 0.15) is 18.1 Å². The maximum atomic E-state index is 13.9. The first-order chi connectivity index (χ1) is 19.0. The van der Waals surface area contributed by atoms with Crippen molar-refractivity contribution in [3.63, 3.8) is 0 Å². The number of carbonyl (C=O) groups excluding carboxylic acids is 1. The molecule has 196 valence electrons. The van der Waals surface area contributed by atoms with Gasteiger partial charge in [0.2, 0.25) is 11.6 Å². The Morgan fingerprint density at radius 2 is 1.90 bits per heavy atom. The Balaban J connectivity index is 1.33. The molecule has 39 heavy (non-hydrogen) atoms. The Morgan fingerprint density at radius 3 is 2.64 bits per heavy atom. The fourth-order valence-corrected chi connectivity index (χ4v) is 3.65. The lowest BCUT2D eigenvalue weighted by molar-refractivity contribution is 0.0950. The van der Waals surface area contributed by atoms with Crippen molar-refractivity contribution >= 4 is 17.9 Å². The molecule has 0 saturated carbocycles. The van der Waals surface area contributed by atoms with Gasteiger partial charge in [0, 0.05) is 11.1 Å². The van der Waals surface area contributed by atoms with Gasteiger partial charge in [-0.25, -0.2) is 14.4 Å². The zero-order valence-electron chi connectivity index (χ0n) is 20.5. The highest BCUT2D eigenvalue weighted by Crippen LogP contribution is 2.29. The number of nitrogen functional groups attached to an aromatic ring is 1. The number of nitrogens with zero attached hydrogens (tertiary/aromatic N) is 6. The molecule has 0 atom stereocenters. The zero-order valence-corrected chi connectivity index (χ0v) is 20.5. The maximum absolute atomic E-state index is 13.9. The lowest BCUT2D eigenvalue weighted by Crippen LogP contribution is -2.19. The van der Waals surface area contributed by atoms with Crippen LogP contribution < -0.4 is 20.6 Å². The molecule has 5 rings (SSSR count). The highest BCUT2D eigenvalue weighted by atomic mass is 19.1. The monoisotopic (exact) mass is 528 g/mol. The summed E-state index contributed by atoms with van der Waals surface area (Å²) in [5.74, 6) is -0.0659. The molecule has 3 N–H and O–H groups in total. The molecule has 0 aliphatic rings. The standard InChI is InChI=1S/C26H21FN8O4/c1-37-21-13-16(11-12-20(21)38-15-18-9-5-6-10-19(18)27)14-29-31-26(36)22-23(17-7-3-2-4-8-17)35(34-30-22)25-24(28)32-39-33-25/h2-14H,15H2,1H3,(H2,28,32)(H,31,36)/b29-14+. The van der Waals surface area contributed by atoms with Crippen LogP contribution in [-0.4, -0.2) is 44.5 Å². The number of nitrogens with two attached hydrogens (primary N) is 1. The number of carbonyl (C=O) groups is 1. The molecule has 0 aliphatic heterocycles. The van der Waals surface area contributed by atoms with Gasteiger partial charge in [-0.2, -0.15) is 9.78 Å². The first-order valence-electron chi connectivity index (χ1n) is 11.5. The minimum atomic E-state index is -0.622. The predicted molar refractivity (Wildman–Crippen MR) is 138 cm³/mol. The fraction of sp³-hybridized carbons (Fsp3) is 0.0769. The van der Waals surface area contributed by atoms with E-state index in [4.69, 9.17) is 15.2 Å². The van der Waals surface area contributed by atoms with Gasteiger partial charge in [-0.1, -0.05) is 53.7 Å². The van der Waals surface area contributed by atoms with Crippen molar-refractivity contribution in [2.24, 2.45) is 5.10 Å². The van der Waals surface area contributed by atoms with E-state index >= 15 is 0 Å². The van der Waals surface area contributed by atoms with E-state index in [-0.39, 0.29) is 29.8 Å². The number of methoxy groups -OCH3 is 1. The second-order valence-corrected chi connectivity index (χ2v) is 8.03. The van der Waals surface area contributed by atoms with Gasteiger partial charge in [0.15, 0.2) is 17.2 Å². The highest BCUT2D eigenvalue weighted by Gasteiger charge is 2.25.